The SMILES string of the molecule is COCCCNC(=O)NC[C@H](CC(C)C)N[C@H](C)c1ccccc1. The van der Waals surface area contributed by atoms with Crippen molar-refractivity contribution in [3.05, 3.63) is 35.9 Å². The van der Waals surface area contributed by atoms with Gasteiger partial charge in [0.15, 0.2) is 0 Å². The second-order valence-electron chi connectivity index (χ2n) is 6.61. The van der Waals surface area contributed by atoms with E-state index in [-0.39, 0.29) is 18.1 Å². The minimum Gasteiger partial charge on any atom is -0.385 e. The number of amides is 2. The molecular weight excluding hydrogens is 302 g/mol. The maximum Gasteiger partial charge on any atom is 0.314 e. The summed E-state index contributed by atoms with van der Waals surface area (Å²) in [7, 11) is 1.66. The number of urea groups is 1. The molecule has 0 aromatic heterocycles. The number of nitrogens with one attached hydrogen (secondary N) is 3. The van der Waals surface area contributed by atoms with E-state index in [4.69, 9.17) is 4.74 Å². The normalized spacial score (nSPS) is 13.5. The zero-order valence-electron chi connectivity index (χ0n) is 15.5. The number of carbonyl (C=O) groups is 1. The van der Waals surface area contributed by atoms with Crippen molar-refractivity contribution in [2.24, 2.45) is 5.92 Å². The van der Waals surface area contributed by atoms with Crippen LogP contribution in [0.2, 0.25) is 0 Å². The Labute approximate surface area is 146 Å². The lowest BCUT2D eigenvalue weighted by Gasteiger charge is -2.25. The Bertz CT molecular complexity index is 451. The second kappa shape index (κ2) is 11.9. The third-order valence-electron chi connectivity index (χ3n) is 3.86. The Hall–Kier alpha value is -1.59. The summed E-state index contributed by atoms with van der Waals surface area (Å²) in [5.41, 5.74) is 1.26. The summed E-state index contributed by atoms with van der Waals surface area (Å²) < 4.78 is 4.97. The van der Waals surface area contributed by atoms with Crippen LogP contribution in [-0.4, -0.2) is 38.9 Å². The van der Waals surface area contributed by atoms with Crippen LogP contribution in [0.15, 0.2) is 30.3 Å². The van der Waals surface area contributed by atoms with Crippen molar-refractivity contribution < 1.29 is 9.53 Å². The Morgan fingerprint density at radius 1 is 1.12 bits per heavy atom. The summed E-state index contributed by atoms with van der Waals surface area (Å²) in [4.78, 5) is 11.9. The molecule has 1 aromatic carbocycles. The van der Waals surface area contributed by atoms with E-state index in [1.807, 2.05) is 6.07 Å². The van der Waals surface area contributed by atoms with Gasteiger partial charge in [-0.15, -0.1) is 0 Å². The van der Waals surface area contributed by atoms with E-state index < -0.39 is 0 Å². The first-order chi connectivity index (χ1) is 11.5. The van der Waals surface area contributed by atoms with Gasteiger partial charge in [-0.3, -0.25) is 0 Å². The first-order valence-corrected chi connectivity index (χ1v) is 8.84. The number of hydrogen-bond acceptors (Lipinski definition) is 3. The zero-order chi connectivity index (χ0) is 17.8. The van der Waals surface area contributed by atoms with Crippen LogP contribution in [0.5, 0.6) is 0 Å². The van der Waals surface area contributed by atoms with Gasteiger partial charge in [-0.05, 0) is 31.2 Å². The molecule has 24 heavy (non-hydrogen) atoms. The average molecular weight is 335 g/mol. The van der Waals surface area contributed by atoms with Crippen molar-refractivity contribution in [2.45, 2.75) is 45.7 Å². The second-order valence-corrected chi connectivity index (χ2v) is 6.61. The lowest BCUT2D eigenvalue weighted by Crippen LogP contribution is -2.46. The number of hydrogen-bond donors (Lipinski definition) is 3. The zero-order valence-corrected chi connectivity index (χ0v) is 15.5. The van der Waals surface area contributed by atoms with Crippen molar-refractivity contribution in [3.63, 3.8) is 0 Å². The largest absolute Gasteiger partial charge is 0.385 e. The monoisotopic (exact) mass is 335 g/mol. The fraction of sp³-hybridized carbons (Fsp3) is 0.632. The maximum absolute atomic E-state index is 11.9. The van der Waals surface area contributed by atoms with Gasteiger partial charge in [0, 0.05) is 38.9 Å². The number of carbonyl (C=O) groups excluding carboxylic acids is 1. The minimum atomic E-state index is -0.117. The Kier molecular flexibility index (Phi) is 10.1. The topological polar surface area (TPSA) is 62.4 Å². The van der Waals surface area contributed by atoms with Crippen molar-refractivity contribution in [3.8, 4) is 0 Å². The number of ether oxygens (including phenoxy) is 1. The predicted molar refractivity (Wildman–Crippen MR) is 99.1 cm³/mol. The van der Waals surface area contributed by atoms with Crippen LogP contribution < -0.4 is 16.0 Å². The van der Waals surface area contributed by atoms with E-state index in [2.05, 4.69) is 61.0 Å². The third kappa shape index (κ3) is 8.89. The molecule has 0 bridgehead atoms. The van der Waals surface area contributed by atoms with Gasteiger partial charge in [0.2, 0.25) is 0 Å². The molecule has 3 N–H and O–H groups in total. The molecule has 0 fully saturated rings. The van der Waals surface area contributed by atoms with E-state index in [0.29, 0.717) is 25.6 Å². The van der Waals surface area contributed by atoms with Crippen LogP contribution in [0, 0.1) is 5.92 Å². The van der Waals surface area contributed by atoms with E-state index in [1.54, 1.807) is 7.11 Å². The van der Waals surface area contributed by atoms with Crippen LogP contribution in [0.4, 0.5) is 4.79 Å². The van der Waals surface area contributed by atoms with Crippen molar-refractivity contribution in [2.75, 3.05) is 26.8 Å². The summed E-state index contributed by atoms with van der Waals surface area (Å²) in [5, 5.41) is 9.46. The molecule has 0 aliphatic heterocycles. The molecule has 2 amide bonds. The molecule has 0 unspecified atom stereocenters. The molecule has 2 atom stereocenters. The van der Waals surface area contributed by atoms with Gasteiger partial charge >= 0.3 is 6.03 Å². The molecule has 1 rings (SSSR count). The quantitative estimate of drug-likeness (QED) is 0.545. The van der Waals surface area contributed by atoms with Crippen LogP contribution in [0.25, 0.3) is 0 Å². The maximum atomic E-state index is 11.9. The minimum absolute atomic E-state index is 0.117. The molecule has 0 heterocycles. The van der Waals surface area contributed by atoms with Gasteiger partial charge in [-0.1, -0.05) is 44.2 Å². The summed E-state index contributed by atoms with van der Waals surface area (Å²) in [6.45, 7) is 8.47. The molecule has 0 aliphatic carbocycles. The fourth-order valence-electron chi connectivity index (χ4n) is 2.67. The number of rotatable bonds is 11. The molecular formula is C19H33N3O2. The van der Waals surface area contributed by atoms with Gasteiger partial charge in [-0.2, -0.15) is 0 Å². The van der Waals surface area contributed by atoms with Crippen LogP contribution in [-0.2, 0) is 4.74 Å². The molecule has 0 radical (unpaired) electrons. The van der Waals surface area contributed by atoms with E-state index in [1.165, 1.54) is 5.56 Å². The van der Waals surface area contributed by atoms with E-state index >= 15 is 0 Å². The number of benzene rings is 1. The lowest BCUT2D eigenvalue weighted by atomic mass is 10.0. The standard InChI is InChI=1S/C19H33N3O2/c1-15(2)13-18(14-21-19(23)20-11-8-12-24-4)22-16(3)17-9-6-5-7-10-17/h5-7,9-10,15-16,18,22H,8,11-14H2,1-4H3,(H2,20,21,23)/t16-,18+/m1/s1. The van der Waals surface area contributed by atoms with Gasteiger partial charge < -0.3 is 20.7 Å². The summed E-state index contributed by atoms with van der Waals surface area (Å²) in [6.07, 6.45) is 1.84. The van der Waals surface area contributed by atoms with Crippen LogP contribution in [0.1, 0.15) is 45.2 Å². The molecule has 1 aromatic rings. The summed E-state index contributed by atoms with van der Waals surface area (Å²) in [6, 6.07) is 10.8. The highest BCUT2D eigenvalue weighted by Gasteiger charge is 2.15. The van der Waals surface area contributed by atoms with Gasteiger partial charge in [0.25, 0.3) is 0 Å². The molecule has 5 nitrogen and oxygen atoms in total. The van der Waals surface area contributed by atoms with Crippen LogP contribution in [0.3, 0.4) is 0 Å². The Morgan fingerprint density at radius 3 is 2.46 bits per heavy atom. The lowest BCUT2D eigenvalue weighted by molar-refractivity contribution is 0.193. The molecule has 0 aliphatic rings. The third-order valence-corrected chi connectivity index (χ3v) is 3.86. The van der Waals surface area contributed by atoms with Crippen molar-refractivity contribution in [1.82, 2.24) is 16.0 Å². The number of methoxy groups -OCH3 is 1. The summed E-state index contributed by atoms with van der Waals surface area (Å²) in [5.74, 6) is 0.567. The highest BCUT2D eigenvalue weighted by Crippen LogP contribution is 2.14. The van der Waals surface area contributed by atoms with Crippen molar-refractivity contribution >= 4 is 6.03 Å². The van der Waals surface area contributed by atoms with Crippen LogP contribution >= 0.6 is 0 Å². The highest BCUT2D eigenvalue weighted by atomic mass is 16.5. The molecule has 5 heteroatoms. The van der Waals surface area contributed by atoms with Gasteiger partial charge in [-0.25, -0.2) is 4.79 Å². The predicted octanol–water partition coefficient (Wildman–Crippen LogP) is 3.09. The smallest absolute Gasteiger partial charge is 0.314 e. The highest BCUT2D eigenvalue weighted by molar-refractivity contribution is 5.73. The first-order valence-electron chi connectivity index (χ1n) is 8.84. The molecule has 0 spiro atoms. The first kappa shape index (κ1) is 20.5. The fourth-order valence-corrected chi connectivity index (χ4v) is 2.67. The Morgan fingerprint density at radius 2 is 1.83 bits per heavy atom. The summed E-state index contributed by atoms with van der Waals surface area (Å²) >= 11 is 0. The Balaban J connectivity index is 2.43. The molecule has 136 valence electrons. The molecule has 0 saturated carbocycles. The van der Waals surface area contributed by atoms with Gasteiger partial charge in [0.05, 0.1) is 0 Å². The van der Waals surface area contributed by atoms with Crippen molar-refractivity contribution in [1.29, 1.82) is 0 Å². The van der Waals surface area contributed by atoms with E-state index in [9.17, 15) is 4.79 Å². The van der Waals surface area contributed by atoms with Gasteiger partial charge in [0.1, 0.15) is 0 Å². The average Bonchev–Trinajstić information content (AvgIpc) is 2.57. The molecule has 0 saturated heterocycles. The van der Waals surface area contributed by atoms with E-state index in [0.717, 1.165) is 12.8 Å².